The molecule has 1 atom stereocenters. The summed E-state index contributed by atoms with van der Waals surface area (Å²) in [5, 5.41) is 2.51. The van der Waals surface area contributed by atoms with E-state index < -0.39 is 15.3 Å². The Morgan fingerprint density at radius 1 is 1.31 bits per heavy atom. The van der Waals surface area contributed by atoms with Crippen LogP contribution in [0.1, 0.15) is 59.4 Å². The number of nitrogens with one attached hydrogen (secondary N) is 1. The number of hydrogen-bond donors (Lipinski definition) is 1. The summed E-state index contributed by atoms with van der Waals surface area (Å²) < 4.78 is 26.3. The molecule has 1 heterocycles. The normalized spacial score (nSPS) is 21.0. The van der Waals surface area contributed by atoms with Gasteiger partial charge in [0, 0.05) is 37.2 Å². The first-order chi connectivity index (χ1) is 12.3. The van der Waals surface area contributed by atoms with E-state index in [1.807, 2.05) is 0 Å². The van der Waals surface area contributed by atoms with Gasteiger partial charge < -0.3 is 5.32 Å². The van der Waals surface area contributed by atoms with Crippen LogP contribution in [0.25, 0.3) is 0 Å². The number of piperidine rings is 1. The third-order valence-corrected chi connectivity index (χ3v) is 7.55. The highest BCUT2D eigenvalue weighted by Crippen LogP contribution is 2.26. The van der Waals surface area contributed by atoms with Gasteiger partial charge in [-0.25, -0.2) is 12.7 Å². The average Bonchev–Trinajstić information content (AvgIpc) is 3.01. The molecule has 0 bridgehead atoms. The van der Waals surface area contributed by atoms with Crippen molar-refractivity contribution in [2.45, 2.75) is 44.8 Å². The molecular formula is C19H26N2O4S. The summed E-state index contributed by atoms with van der Waals surface area (Å²) in [5.41, 5.74) is 2.06. The van der Waals surface area contributed by atoms with Crippen LogP contribution in [0.15, 0.2) is 18.2 Å². The molecule has 1 unspecified atom stereocenters. The minimum atomic E-state index is -3.25. The van der Waals surface area contributed by atoms with E-state index in [4.69, 9.17) is 0 Å². The quantitative estimate of drug-likeness (QED) is 0.849. The number of ketones is 1. The molecule has 6 nitrogen and oxygen atoms in total. The highest BCUT2D eigenvalue weighted by atomic mass is 32.2. The molecule has 2 aliphatic rings. The number of Topliss-reactive ketones (excluding diaryl/α,β-unsaturated/α-hetero) is 1. The van der Waals surface area contributed by atoms with Crippen LogP contribution in [0.3, 0.4) is 0 Å². The zero-order valence-corrected chi connectivity index (χ0v) is 16.1. The molecule has 26 heavy (non-hydrogen) atoms. The molecule has 0 aromatic heterocycles. The molecule has 0 spiro atoms. The first-order valence-electron chi connectivity index (χ1n) is 9.23. The first-order valence-corrected chi connectivity index (χ1v) is 10.7. The van der Waals surface area contributed by atoms with Crippen molar-refractivity contribution in [1.29, 1.82) is 0 Å². The second kappa shape index (κ2) is 7.48. The van der Waals surface area contributed by atoms with Crippen LogP contribution in [0.5, 0.6) is 0 Å². The van der Waals surface area contributed by atoms with E-state index in [2.05, 4.69) is 5.32 Å². The van der Waals surface area contributed by atoms with Crippen LogP contribution in [0.2, 0.25) is 0 Å². The van der Waals surface area contributed by atoms with Crippen LogP contribution < -0.4 is 5.32 Å². The lowest BCUT2D eigenvalue weighted by Crippen LogP contribution is -2.45. The van der Waals surface area contributed by atoms with Crippen molar-refractivity contribution in [2.24, 2.45) is 5.92 Å². The molecule has 1 fully saturated rings. The van der Waals surface area contributed by atoms with Crippen LogP contribution in [0, 0.1) is 5.92 Å². The highest BCUT2D eigenvalue weighted by Gasteiger charge is 2.31. The summed E-state index contributed by atoms with van der Waals surface area (Å²) in [6, 6.07) is 5.27. The van der Waals surface area contributed by atoms with Gasteiger partial charge in [-0.15, -0.1) is 0 Å². The Balaban J connectivity index is 1.63. The molecule has 1 aromatic carbocycles. The van der Waals surface area contributed by atoms with Crippen molar-refractivity contribution in [1.82, 2.24) is 9.62 Å². The van der Waals surface area contributed by atoms with E-state index in [1.165, 1.54) is 0 Å². The standard InChI is InChI=1S/C19H26N2O4S/c1-13(2)26(24,25)21-10-4-5-14(12-21)11-20-19(23)17-7-3-6-16-15(17)8-9-18(16)22/h3,6-7,13-14H,4-5,8-12H2,1-2H3,(H,20,23). The number of nitrogens with zero attached hydrogens (tertiary/aromatic N) is 1. The number of fused-ring (bicyclic) bond motifs is 1. The smallest absolute Gasteiger partial charge is 0.251 e. The van der Waals surface area contributed by atoms with Crippen molar-refractivity contribution in [3.05, 3.63) is 34.9 Å². The van der Waals surface area contributed by atoms with E-state index in [9.17, 15) is 18.0 Å². The fourth-order valence-electron chi connectivity index (χ4n) is 3.76. The Bertz CT molecular complexity index is 817. The highest BCUT2D eigenvalue weighted by molar-refractivity contribution is 7.89. The summed E-state index contributed by atoms with van der Waals surface area (Å²) >= 11 is 0. The topological polar surface area (TPSA) is 83.6 Å². The maximum atomic E-state index is 12.6. The van der Waals surface area contributed by atoms with Crippen LogP contribution in [0.4, 0.5) is 0 Å². The van der Waals surface area contributed by atoms with Gasteiger partial charge in [0.25, 0.3) is 5.91 Å². The summed E-state index contributed by atoms with van der Waals surface area (Å²) in [6.45, 7) is 4.84. The van der Waals surface area contributed by atoms with Gasteiger partial charge in [-0.1, -0.05) is 12.1 Å². The van der Waals surface area contributed by atoms with Gasteiger partial charge in [-0.2, -0.15) is 0 Å². The van der Waals surface area contributed by atoms with Gasteiger partial charge in [0.05, 0.1) is 5.25 Å². The zero-order chi connectivity index (χ0) is 18.9. The molecule has 142 valence electrons. The molecule has 3 rings (SSSR count). The molecule has 1 aliphatic heterocycles. The fourth-order valence-corrected chi connectivity index (χ4v) is 5.16. The molecule has 1 saturated heterocycles. The number of hydrogen-bond acceptors (Lipinski definition) is 4. The summed E-state index contributed by atoms with van der Waals surface area (Å²) in [6.07, 6.45) is 2.78. The number of benzene rings is 1. The van der Waals surface area contributed by atoms with Gasteiger partial charge >= 0.3 is 0 Å². The van der Waals surface area contributed by atoms with E-state index in [1.54, 1.807) is 36.4 Å². The fraction of sp³-hybridized carbons (Fsp3) is 0.579. The van der Waals surface area contributed by atoms with Gasteiger partial charge in [0.15, 0.2) is 5.78 Å². The lowest BCUT2D eigenvalue weighted by molar-refractivity contribution is 0.0940. The third kappa shape index (κ3) is 3.69. The Morgan fingerprint density at radius 2 is 2.08 bits per heavy atom. The molecule has 1 aliphatic carbocycles. The number of sulfonamides is 1. The molecular weight excluding hydrogens is 352 g/mol. The Hall–Kier alpha value is -1.73. The zero-order valence-electron chi connectivity index (χ0n) is 15.3. The van der Waals surface area contributed by atoms with E-state index in [-0.39, 0.29) is 17.6 Å². The molecule has 0 saturated carbocycles. The SMILES string of the molecule is CC(C)S(=O)(=O)N1CCCC(CNC(=O)c2cccc3c2CCC3=O)C1. The summed E-state index contributed by atoms with van der Waals surface area (Å²) in [5.74, 6) is 0.0245. The van der Waals surface area contributed by atoms with E-state index in [0.717, 1.165) is 18.4 Å². The van der Waals surface area contributed by atoms with Crippen molar-refractivity contribution in [3.8, 4) is 0 Å². The minimum absolute atomic E-state index is 0.0939. The lowest BCUT2D eigenvalue weighted by atomic mass is 9.99. The molecule has 1 N–H and O–H groups in total. The Kier molecular flexibility index (Phi) is 5.48. The maximum absolute atomic E-state index is 12.6. The van der Waals surface area contributed by atoms with Gasteiger partial charge in [0.1, 0.15) is 0 Å². The van der Waals surface area contributed by atoms with Crippen LogP contribution in [-0.4, -0.2) is 49.3 Å². The largest absolute Gasteiger partial charge is 0.352 e. The predicted octanol–water partition coefficient (Wildman–Crippen LogP) is 2.00. The van der Waals surface area contributed by atoms with E-state index >= 15 is 0 Å². The second-order valence-electron chi connectivity index (χ2n) is 7.42. The lowest BCUT2D eigenvalue weighted by Gasteiger charge is -2.33. The average molecular weight is 378 g/mol. The second-order valence-corrected chi connectivity index (χ2v) is 9.91. The molecule has 1 aromatic rings. The number of carbonyl (C=O) groups excluding carboxylic acids is 2. The minimum Gasteiger partial charge on any atom is -0.352 e. The summed E-state index contributed by atoms with van der Waals surface area (Å²) in [7, 11) is -3.25. The van der Waals surface area contributed by atoms with Crippen molar-refractivity contribution < 1.29 is 18.0 Å². The van der Waals surface area contributed by atoms with Crippen molar-refractivity contribution in [2.75, 3.05) is 19.6 Å². The maximum Gasteiger partial charge on any atom is 0.251 e. The summed E-state index contributed by atoms with van der Waals surface area (Å²) in [4.78, 5) is 24.4. The number of carbonyl (C=O) groups is 2. The predicted molar refractivity (Wildman–Crippen MR) is 99.8 cm³/mol. The number of rotatable bonds is 5. The van der Waals surface area contributed by atoms with E-state index in [0.29, 0.717) is 43.6 Å². The molecule has 7 heteroatoms. The molecule has 1 amide bonds. The van der Waals surface area contributed by atoms with Crippen molar-refractivity contribution >= 4 is 21.7 Å². The van der Waals surface area contributed by atoms with Crippen LogP contribution >= 0.6 is 0 Å². The Morgan fingerprint density at radius 3 is 2.81 bits per heavy atom. The van der Waals surface area contributed by atoms with Crippen LogP contribution in [-0.2, 0) is 16.4 Å². The van der Waals surface area contributed by atoms with Gasteiger partial charge in [-0.05, 0) is 50.7 Å². The number of amides is 1. The Labute approximate surface area is 155 Å². The molecule has 0 radical (unpaired) electrons. The third-order valence-electron chi connectivity index (χ3n) is 5.31. The van der Waals surface area contributed by atoms with Gasteiger partial charge in [-0.3, -0.25) is 9.59 Å². The van der Waals surface area contributed by atoms with Gasteiger partial charge in [0.2, 0.25) is 10.0 Å². The monoisotopic (exact) mass is 378 g/mol. The van der Waals surface area contributed by atoms with Crippen molar-refractivity contribution in [3.63, 3.8) is 0 Å². The first kappa shape index (κ1) is 19.0.